The molecule has 100 valence electrons. The van der Waals surface area contributed by atoms with Crippen molar-refractivity contribution >= 4 is 28.9 Å². The number of nitrogens with zero attached hydrogens (tertiary/aromatic N) is 3. The summed E-state index contributed by atoms with van der Waals surface area (Å²) < 4.78 is 7.08. The predicted octanol–water partition coefficient (Wildman–Crippen LogP) is 3.21. The Labute approximate surface area is 118 Å². The Morgan fingerprint density at radius 2 is 2.21 bits per heavy atom. The summed E-state index contributed by atoms with van der Waals surface area (Å²) in [5.41, 5.74) is -0.0859. The second-order valence-electron chi connectivity index (χ2n) is 3.72. The third-order valence-corrected chi connectivity index (χ3v) is 3.17. The molecule has 0 saturated heterocycles. The highest BCUT2D eigenvalue weighted by molar-refractivity contribution is 6.32. The summed E-state index contributed by atoms with van der Waals surface area (Å²) in [6.07, 6.45) is 1.50. The molecule has 0 radical (unpaired) electrons. The van der Waals surface area contributed by atoms with Crippen molar-refractivity contribution < 1.29 is 9.66 Å². The molecule has 1 aromatic carbocycles. The van der Waals surface area contributed by atoms with E-state index in [0.717, 1.165) is 0 Å². The van der Waals surface area contributed by atoms with Crippen LogP contribution in [-0.4, -0.2) is 14.5 Å². The van der Waals surface area contributed by atoms with E-state index in [1.54, 1.807) is 11.6 Å². The summed E-state index contributed by atoms with van der Waals surface area (Å²) in [7, 11) is 1.74. The number of ether oxygens (including phenoxy) is 1. The molecule has 0 unspecified atom stereocenters. The van der Waals surface area contributed by atoms with Crippen LogP contribution >= 0.6 is 23.2 Å². The van der Waals surface area contributed by atoms with E-state index in [2.05, 4.69) is 4.98 Å². The van der Waals surface area contributed by atoms with Gasteiger partial charge < -0.3 is 9.30 Å². The number of hydrogen-bond acceptors (Lipinski definition) is 4. The first-order valence-corrected chi connectivity index (χ1v) is 5.97. The molecule has 19 heavy (non-hydrogen) atoms. The van der Waals surface area contributed by atoms with Crippen LogP contribution in [-0.2, 0) is 13.7 Å². The molecule has 0 N–H and O–H groups in total. The number of nitro benzene ring substituents is 1. The van der Waals surface area contributed by atoms with E-state index < -0.39 is 4.92 Å². The quantitative estimate of drug-likeness (QED) is 0.642. The zero-order valence-electron chi connectivity index (χ0n) is 9.84. The summed E-state index contributed by atoms with van der Waals surface area (Å²) >= 11 is 11.7. The van der Waals surface area contributed by atoms with Gasteiger partial charge in [-0.15, -0.1) is 0 Å². The van der Waals surface area contributed by atoms with E-state index in [1.807, 2.05) is 0 Å². The lowest BCUT2D eigenvalue weighted by atomic mass is 10.3. The lowest BCUT2D eigenvalue weighted by Gasteiger charge is -2.08. The van der Waals surface area contributed by atoms with Crippen LogP contribution in [0.3, 0.4) is 0 Å². The number of aromatic nitrogens is 2. The smallest absolute Gasteiger partial charge is 0.273 e. The zero-order valence-corrected chi connectivity index (χ0v) is 11.4. The molecule has 2 rings (SSSR count). The molecule has 0 aliphatic carbocycles. The zero-order chi connectivity index (χ0) is 14.0. The van der Waals surface area contributed by atoms with Gasteiger partial charge in [0.15, 0.2) is 0 Å². The topological polar surface area (TPSA) is 70.2 Å². The number of hydrogen-bond donors (Lipinski definition) is 0. The van der Waals surface area contributed by atoms with E-state index >= 15 is 0 Å². The van der Waals surface area contributed by atoms with Gasteiger partial charge >= 0.3 is 0 Å². The van der Waals surface area contributed by atoms with Crippen molar-refractivity contribution in [2.75, 3.05) is 0 Å². The number of rotatable bonds is 4. The third-order valence-electron chi connectivity index (χ3n) is 2.51. The Bertz CT molecular complexity index is 628. The highest BCUT2D eigenvalue weighted by atomic mass is 35.5. The van der Waals surface area contributed by atoms with Crippen molar-refractivity contribution in [2.45, 2.75) is 6.61 Å². The monoisotopic (exact) mass is 301 g/mol. The van der Waals surface area contributed by atoms with Crippen molar-refractivity contribution in [2.24, 2.45) is 7.05 Å². The van der Waals surface area contributed by atoms with Crippen LogP contribution in [0.25, 0.3) is 0 Å². The van der Waals surface area contributed by atoms with Gasteiger partial charge in [0, 0.05) is 13.1 Å². The Balaban J connectivity index is 2.17. The van der Waals surface area contributed by atoms with Crippen LogP contribution in [0.2, 0.25) is 10.2 Å². The number of benzene rings is 1. The second-order valence-corrected chi connectivity index (χ2v) is 4.51. The fourth-order valence-corrected chi connectivity index (χ4v) is 1.74. The highest BCUT2D eigenvalue weighted by Crippen LogP contribution is 2.29. The molecule has 6 nitrogen and oxygen atoms in total. The maximum atomic E-state index is 10.7. The summed E-state index contributed by atoms with van der Waals surface area (Å²) in [6, 6.07) is 4.00. The van der Waals surface area contributed by atoms with Gasteiger partial charge in [0.25, 0.3) is 5.69 Å². The largest absolute Gasteiger partial charge is 0.484 e. The standard InChI is InChI=1S/C11H9Cl2N3O3/c1-15-10(13)5-14-11(15)6-19-9-4-7(16(17)18)2-3-8(9)12/h2-5H,6H2,1H3. The van der Waals surface area contributed by atoms with E-state index in [-0.39, 0.29) is 18.0 Å². The van der Waals surface area contributed by atoms with Gasteiger partial charge in [-0.1, -0.05) is 23.2 Å². The minimum Gasteiger partial charge on any atom is -0.484 e. The summed E-state index contributed by atoms with van der Waals surface area (Å²) in [6.45, 7) is 0.115. The SMILES string of the molecule is Cn1c(Cl)cnc1COc1cc([N+](=O)[O-])ccc1Cl. The molecule has 0 aliphatic rings. The minimum absolute atomic E-state index is 0.0859. The molecular formula is C11H9Cl2N3O3. The molecular weight excluding hydrogens is 293 g/mol. The van der Waals surface area contributed by atoms with Crippen LogP contribution in [0.4, 0.5) is 5.69 Å². The summed E-state index contributed by atoms with van der Waals surface area (Å²) in [4.78, 5) is 14.2. The van der Waals surface area contributed by atoms with E-state index in [4.69, 9.17) is 27.9 Å². The molecule has 0 spiro atoms. The first kappa shape index (κ1) is 13.6. The molecule has 0 saturated carbocycles. The lowest BCUT2D eigenvalue weighted by molar-refractivity contribution is -0.384. The minimum atomic E-state index is -0.513. The van der Waals surface area contributed by atoms with Gasteiger partial charge in [-0.25, -0.2) is 4.98 Å². The average Bonchev–Trinajstić information content (AvgIpc) is 2.69. The van der Waals surface area contributed by atoms with E-state index in [9.17, 15) is 10.1 Å². The second kappa shape index (κ2) is 5.46. The van der Waals surface area contributed by atoms with Crippen LogP contribution in [0.5, 0.6) is 5.75 Å². The van der Waals surface area contributed by atoms with Crippen LogP contribution in [0.15, 0.2) is 24.4 Å². The molecule has 0 amide bonds. The van der Waals surface area contributed by atoms with Crippen molar-refractivity contribution in [1.29, 1.82) is 0 Å². The molecule has 1 heterocycles. The van der Waals surface area contributed by atoms with Gasteiger partial charge in [0.05, 0.1) is 22.2 Å². The molecule has 1 aromatic heterocycles. The van der Waals surface area contributed by atoms with Gasteiger partial charge in [-0.3, -0.25) is 10.1 Å². The van der Waals surface area contributed by atoms with Crippen LogP contribution in [0, 0.1) is 10.1 Å². The van der Waals surface area contributed by atoms with Crippen molar-refractivity contribution in [3.8, 4) is 5.75 Å². The molecule has 0 fully saturated rings. The Morgan fingerprint density at radius 3 is 2.79 bits per heavy atom. The molecule has 2 aromatic rings. The van der Waals surface area contributed by atoms with Crippen LogP contribution < -0.4 is 4.74 Å². The predicted molar refractivity (Wildman–Crippen MR) is 70.7 cm³/mol. The number of nitro groups is 1. The molecule has 8 heteroatoms. The maximum absolute atomic E-state index is 10.7. The van der Waals surface area contributed by atoms with Gasteiger partial charge in [-0.05, 0) is 6.07 Å². The normalized spacial score (nSPS) is 10.5. The number of non-ortho nitro benzene ring substituents is 1. The Kier molecular flexibility index (Phi) is 3.92. The maximum Gasteiger partial charge on any atom is 0.273 e. The van der Waals surface area contributed by atoms with Crippen molar-refractivity contribution in [3.05, 3.63) is 50.5 Å². The van der Waals surface area contributed by atoms with Crippen molar-refractivity contribution in [1.82, 2.24) is 9.55 Å². The Morgan fingerprint density at radius 1 is 1.47 bits per heavy atom. The van der Waals surface area contributed by atoms with E-state index in [1.165, 1.54) is 24.4 Å². The number of halogens is 2. The molecule has 0 bridgehead atoms. The molecule has 0 aliphatic heterocycles. The van der Waals surface area contributed by atoms with Gasteiger partial charge in [0.1, 0.15) is 23.3 Å². The third kappa shape index (κ3) is 2.97. The fourth-order valence-electron chi connectivity index (χ4n) is 1.42. The lowest BCUT2D eigenvalue weighted by Crippen LogP contribution is -2.04. The van der Waals surface area contributed by atoms with Gasteiger partial charge in [-0.2, -0.15) is 0 Å². The average molecular weight is 302 g/mol. The number of imidazole rings is 1. The first-order valence-electron chi connectivity index (χ1n) is 5.22. The summed E-state index contributed by atoms with van der Waals surface area (Å²) in [5.74, 6) is 0.822. The van der Waals surface area contributed by atoms with Gasteiger partial charge in [0.2, 0.25) is 0 Å². The van der Waals surface area contributed by atoms with E-state index in [0.29, 0.717) is 16.0 Å². The first-order chi connectivity index (χ1) is 8.99. The Hall–Kier alpha value is -1.79. The fraction of sp³-hybridized carbons (Fsp3) is 0.182. The molecule has 0 atom stereocenters. The summed E-state index contributed by atoms with van der Waals surface area (Å²) in [5, 5.41) is 11.4. The van der Waals surface area contributed by atoms with Crippen LogP contribution in [0.1, 0.15) is 5.82 Å². The highest BCUT2D eigenvalue weighted by Gasteiger charge is 2.12. The van der Waals surface area contributed by atoms with Crippen molar-refractivity contribution in [3.63, 3.8) is 0 Å².